The summed E-state index contributed by atoms with van der Waals surface area (Å²) in [4.78, 5) is 0. The van der Waals surface area contributed by atoms with E-state index in [4.69, 9.17) is 9.47 Å². The van der Waals surface area contributed by atoms with Gasteiger partial charge in [0, 0.05) is 20.6 Å². The monoisotopic (exact) mass is 224 g/mol. The van der Waals surface area contributed by atoms with Crippen LogP contribution >= 0.6 is 0 Å². The Kier molecular flexibility index (Phi) is 4.47. The molecule has 0 aliphatic rings. The summed E-state index contributed by atoms with van der Waals surface area (Å²) in [6.07, 6.45) is 0.0137. The van der Waals surface area contributed by atoms with Crippen LogP contribution in [0.25, 0.3) is 0 Å². The smallest absolute Gasteiger partial charge is 0.159 e. The number of benzene rings is 1. The number of hydrogen-bond donors (Lipinski definition) is 1. The molecule has 90 valence electrons. The molecule has 1 rings (SSSR count). The summed E-state index contributed by atoms with van der Waals surface area (Å²) in [7, 11) is 3.14. The molecule has 3 heteroatoms. The molecule has 0 fully saturated rings. The van der Waals surface area contributed by atoms with Crippen molar-refractivity contribution < 1.29 is 14.6 Å². The number of ether oxygens (including phenoxy) is 2. The molecule has 0 saturated heterocycles. The van der Waals surface area contributed by atoms with Crippen LogP contribution < -0.4 is 0 Å². The first kappa shape index (κ1) is 13.2. The Hall–Kier alpha value is -0.900. The van der Waals surface area contributed by atoms with Gasteiger partial charge >= 0.3 is 0 Å². The average Bonchev–Trinajstić information content (AvgIpc) is 2.26. The Morgan fingerprint density at radius 3 is 2.31 bits per heavy atom. The fourth-order valence-electron chi connectivity index (χ4n) is 1.87. The summed E-state index contributed by atoms with van der Waals surface area (Å²) in [5, 5.41) is 10.4. The number of hydrogen-bond acceptors (Lipinski definition) is 3. The molecular formula is C13H20O3. The Morgan fingerprint density at radius 2 is 1.81 bits per heavy atom. The molecule has 0 amide bonds. The van der Waals surface area contributed by atoms with E-state index >= 15 is 0 Å². The van der Waals surface area contributed by atoms with Crippen LogP contribution in [0.15, 0.2) is 24.3 Å². The lowest BCUT2D eigenvalue weighted by atomic mass is 9.89. The maximum absolute atomic E-state index is 10.4. The normalized spacial score (nSPS) is 15.1. The lowest BCUT2D eigenvalue weighted by Gasteiger charge is -2.28. The summed E-state index contributed by atoms with van der Waals surface area (Å²) < 4.78 is 10.2. The van der Waals surface area contributed by atoms with Crippen molar-refractivity contribution in [2.24, 2.45) is 0 Å². The number of aryl methyl sites for hydroxylation is 1. The van der Waals surface area contributed by atoms with Crippen molar-refractivity contribution >= 4 is 0 Å². The minimum Gasteiger partial charge on any atom is -0.385 e. The van der Waals surface area contributed by atoms with Crippen LogP contribution in [0.4, 0.5) is 0 Å². The lowest BCUT2D eigenvalue weighted by Crippen LogP contribution is -2.30. The van der Waals surface area contributed by atoms with Gasteiger partial charge in [-0.15, -0.1) is 0 Å². The van der Waals surface area contributed by atoms with E-state index in [2.05, 4.69) is 0 Å². The van der Waals surface area contributed by atoms with Gasteiger partial charge in [-0.25, -0.2) is 0 Å². The van der Waals surface area contributed by atoms with Crippen molar-refractivity contribution in [2.45, 2.75) is 32.2 Å². The van der Waals surface area contributed by atoms with Crippen LogP contribution in [0.5, 0.6) is 0 Å². The molecule has 1 aromatic rings. The van der Waals surface area contributed by atoms with Crippen LogP contribution in [0.2, 0.25) is 0 Å². The van der Waals surface area contributed by atoms with Gasteiger partial charge in [-0.3, -0.25) is 0 Å². The van der Waals surface area contributed by atoms with E-state index in [1.54, 1.807) is 21.1 Å². The zero-order valence-corrected chi connectivity index (χ0v) is 10.4. The molecule has 0 radical (unpaired) electrons. The first-order valence-electron chi connectivity index (χ1n) is 5.35. The second-order valence-corrected chi connectivity index (χ2v) is 4.19. The van der Waals surface area contributed by atoms with Crippen molar-refractivity contribution in [1.29, 1.82) is 0 Å². The van der Waals surface area contributed by atoms with Crippen LogP contribution in [0, 0.1) is 6.92 Å². The fourth-order valence-corrected chi connectivity index (χ4v) is 1.87. The van der Waals surface area contributed by atoms with Crippen molar-refractivity contribution in [1.82, 2.24) is 0 Å². The molecule has 16 heavy (non-hydrogen) atoms. The van der Waals surface area contributed by atoms with Crippen LogP contribution in [0.1, 0.15) is 24.5 Å². The number of aliphatic hydroxyl groups is 1. The standard InChI is InChI=1S/C13H20O3/c1-10-7-5-6-8-11(10)13(2,14)9-12(15-3)16-4/h5-8,12,14H,9H2,1-4H3. The third-order valence-corrected chi connectivity index (χ3v) is 2.82. The van der Waals surface area contributed by atoms with E-state index in [1.807, 2.05) is 31.2 Å². The van der Waals surface area contributed by atoms with Gasteiger partial charge in [0.05, 0.1) is 5.60 Å². The van der Waals surface area contributed by atoms with Gasteiger partial charge in [0.1, 0.15) is 0 Å². The third-order valence-electron chi connectivity index (χ3n) is 2.82. The van der Waals surface area contributed by atoms with E-state index in [9.17, 15) is 5.11 Å². The van der Waals surface area contributed by atoms with Crippen LogP contribution in [0.3, 0.4) is 0 Å². The Bertz CT molecular complexity index is 330. The molecule has 0 bridgehead atoms. The summed E-state index contributed by atoms with van der Waals surface area (Å²) in [5.74, 6) is 0. The van der Waals surface area contributed by atoms with Gasteiger partial charge in [0.2, 0.25) is 0 Å². The summed E-state index contributed by atoms with van der Waals surface area (Å²) in [6, 6.07) is 7.79. The highest BCUT2D eigenvalue weighted by atomic mass is 16.7. The summed E-state index contributed by atoms with van der Waals surface area (Å²) in [5.41, 5.74) is 1.04. The molecule has 1 N–H and O–H groups in total. The summed E-state index contributed by atoms with van der Waals surface area (Å²) in [6.45, 7) is 3.76. The van der Waals surface area contributed by atoms with Gasteiger partial charge in [0.25, 0.3) is 0 Å². The minimum absolute atomic E-state index is 0.394. The first-order valence-corrected chi connectivity index (χ1v) is 5.35. The SMILES string of the molecule is COC(CC(C)(O)c1ccccc1C)OC. The quantitative estimate of drug-likeness (QED) is 0.779. The largest absolute Gasteiger partial charge is 0.385 e. The minimum atomic E-state index is -0.942. The Morgan fingerprint density at radius 1 is 1.25 bits per heavy atom. The molecule has 0 spiro atoms. The Labute approximate surface area is 97.0 Å². The van der Waals surface area contributed by atoms with E-state index in [1.165, 1.54) is 0 Å². The molecule has 0 heterocycles. The molecule has 0 saturated carbocycles. The van der Waals surface area contributed by atoms with Gasteiger partial charge in [-0.2, -0.15) is 0 Å². The first-order chi connectivity index (χ1) is 7.51. The van der Waals surface area contributed by atoms with Crippen molar-refractivity contribution in [3.8, 4) is 0 Å². The number of rotatable bonds is 5. The second kappa shape index (κ2) is 5.43. The van der Waals surface area contributed by atoms with E-state index < -0.39 is 11.9 Å². The van der Waals surface area contributed by atoms with Gasteiger partial charge in [-0.05, 0) is 25.0 Å². The molecule has 1 aromatic carbocycles. The molecule has 0 aliphatic carbocycles. The molecular weight excluding hydrogens is 204 g/mol. The van der Waals surface area contributed by atoms with Crippen molar-refractivity contribution in [3.05, 3.63) is 35.4 Å². The number of methoxy groups -OCH3 is 2. The maximum Gasteiger partial charge on any atom is 0.159 e. The molecule has 1 unspecified atom stereocenters. The van der Waals surface area contributed by atoms with Gasteiger partial charge in [-0.1, -0.05) is 24.3 Å². The van der Waals surface area contributed by atoms with Gasteiger partial charge in [0.15, 0.2) is 6.29 Å². The Balaban J connectivity index is 2.89. The second-order valence-electron chi connectivity index (χ2n) is 4.19. The highest BCUT2D eigenvalue weighted by Gasteiger charge is 2.28. The molecule has 0 aromatic heterocycles. The van der Waals surface area contributed by atoms with E-state index in [-0.39, 0.29) is 0 Å². The zero-order valence-electron chi connectivity index (χ0n) is 10.4. The third kappa shape index (κ3) is 3.04. The van der Waals surface area contributed by atoms with E-state index in [0.29, 0.717) is 6.42 Å². The molecule has 1 atom stereocenters. The molecule has 0 aliphatic heterocycles. The van der Waals surface area contributed by atoms with Crippen molar-refractivity contribution in [2.75, 3.05) is 14.2 Å². The zero-order chi connectivity index (χ0) is 12.2. The van der Waals surface area contributed by atoms with Crippen LogP contribution in [-0.4, -0.2) is 25.6 Å². The highest BCUT2D eigenvalue weighted by molar-refractivity contribution is 5.30. The maximum atomic E-state index is 10.4. The van der Waals surface area contributed by atoms with Crippen molar-refractivity contribution in [3.63, 3.8) is 0 Å². The molecule has 3 nitrogen and oxygen atoms in total. The summed E-state index contributed by atoms with van der Waals surface area (Å²) >= 11 is 0. The topological polar surface area (TPSA) is 38.7 Å². The predicted molar refractivity (Wildman–Crippen MR) is 63.2 cm³/mol. The van der Waals surface area contributed by atoms with Crippen LogP contribution in [-0.2, 0) is 15.1 Å². The lowest BCUT2D eigenvalue weighted by molar-refractivity contribution is -0.142. The van der Waals surface area contributed by atoms with Gasteiger partial charge < -0.3 is 14.6 Å². The predicted octanol–water partition coefficient (Wildman–Crippen LogP) is 2.21. The highest BCUT2D eigenvalue weighted by Crippen LogP contribution is 2.29. The van der Waals surface area contributed by atoms with E-state index in [0.717, 1.165) is 11.1 Å². The fraction of sp³-hybridized carbons (Fsp3) is 0.538. The average molecular weight is 224 g/mol.